The molecule has 0 atom stereocenters. The predicted octanol–water partition coefficient (Wildman–Crippen LogP) is 4.44. The van der Waals surface area contributed by atoms with E-state index in [1.54, 1.807) is 30.3 Å². The third-order valence-electron chi connectivity index (χ3n) is 4.79. The molecule has 1 aliphatic rings. The second kappa shape index (κ2) is 8.41. The van der Waals surface area contributed by atoms with E-state index in [1.165, 1.54) is 23.1 Å². The lowest BCUT2D eigenvalue weighted by atomic mass is 10.1. The number of amides is 2. The minimum absolute atomic E-state index is 0.00528. The molecule has 4 rings (SSSR count). The van der Waals surface area contributed by atoms with Crippen LogP contribution in [-0.4, -0.2) is 28.0 Å². The van der Waals surface area contributed by atoms with Gasteiger partial charge in [-0.05, 0) is 61.6 Å². The van der Waals surface area contributed by atoms with E-state index in [0.29, 0.717) is 17.0 Å². The van der Waals surface area contributed by atoms with Gasteiger partial charge in [-0.25, -0.2) is 4.79 Å². The summed E-state index contributed by atoms with van der Waals surface area (Å²) < 4.78 is 5.74. The molecule has 0 radical (unpaired) electrons. The second-order valence-electron chi connectivity index (χ2n) is 7.00. The molecule has 0 unspecified atom stereocenters. The first-order valence-corrected chi connectivity index (χ1v) is 10.1. The quantitative estimate of drug-likeness (QED) is 0.335. The number of carbonyl (C=O) groups is 3. The fraction of sp³-hybridized carbons (Fsp3) is 0.0435. The number of carbonyl (C=O) groups excluding carboxylic acids is 2. The van der Waals surface area contributed by atoms with Crippen molar-refractivity contribution in [2.75, 3.05) is 4.90 Å². The first-order valence-electron chi connectivity index (χ1n) is 9.36. The Bertz CT molecular complexity index is 1310. The minimum Gasteiger partial charge on any atom is -0.478 e. The van der Waals surface area contributed by atoms with E-state index in [0.717, 1.165) is 5.56 Å². The van der Waals surface area contributed by atoms with Crippen LogP contribution in [0.3, 0.4) is 0 Å². The number of hydrogen-bond acceptors (Lipinski definition) is 5. The molecular formula is C23H15ClN2O5S. The van der Waals surface area contributed by atoms with Gasteiger partial charge >= 0.3 is 5.97 Å². The first kappa shape index (κ1) is 21.5. The van der Waals surface area contributed by atoms with Crippen LogP contribution in [0.5, 0.6) is 0 Å². The lowest BCUT2D eigenvalue weighted by Crippen LogP contribution is -2.54. The summed E-state index contributed by atoms with van der Waals surface area (Å²) >= 11 is 11.2. The highest BCUT2D eigenvalue weighted by atomic mass is 35.5. The van der Waals surface area contributed by atoms with Crippen LogP contribution in [0, 0.1) is 6.92 Å². The van der Waals surface area contributed by atoms with Gasteiger partial charge in [0, 0.05) is 5.56 Å². The van der Waals surface area contributed by atoms with Crippen molar-refractivity contribution in [3.63, 3.8) is 0 Å². The van der Waals surface area contributed by atoms with Crippen molar-refractivity contribution in [2.24, 2.45) is 0 Å². The number of carboxylic acid groups (broad SMARTS) is 1. The maximum absolute atomic E-state index is 13.1. The van der Waals surface area contributed by atoms with Crippen LogP contribution in [0.15, 0.2) is 64.6 Å². The SMILES string of the molecule is Cc1ccc(N2C(=O)/C(=C\c3ccc(-c4ccc(C(=O)O)c(Cl)c4)o3)C(=O)NC2=S)cc1. The summed E-state index contributed by atoms with van der Waals surface area (Å²) in [7, 11) is 0. The molecule has 2 heterocycles. The highest BCUT2D eigenvalue weighted by Crippen LogP contribution is 2.29. The number of halogens is 1. The number of aryl methyl sites for hydroxylation is 1. The lowest BCUT2D eigenvalue weighted by molar-refractivity contribution is -0.122. The molecule has 1 saturated heterocycles. The number of rotatable bonds is 4. The Labute approximate surface area is 192 Å². The number of aromatic carboxylic acids is 1. The number of carboxylic acids is 1. The van der Waals surface area contributed by atoms with E-state index in [1.807, 2.05) is 19.1 Å². The van der Waals surface area contributed by atoms with Gasteiger partial charge in [-0.2, -0.15) is 0 Å². The van der Waals surface area contributed by atoms with Crippen molar-refractivity contribution in [2.45, 2.75) is 6.92 Å². The molecule has 0 spiro atoms. The molecule has 0 bridgehead atoms. The highest BCUT2D eigenvalue weighted by Gasteiger charge is 2.34. The van der Waals surface area contributed by atoms with Crippen LogP contribution >= 0.6 is 23.8 Å². The van der Waals surface area contributed by atoms with Crippen molar-refractivity contribution in [1.29, 1.82) is 0 Å². The van der Waals surface area contributed by atoms with Crippen LogP contribution in [0.1, 0.15) is 21.7 Å². The predicted molar refractivity (Wildman–Crippen MR) is 123 cm³/mol. The first-order chi connectivity index (χ1) is 15.2. The van der Waals surface area contributed by atoms with Crippen LogP contribution in [0.2, 0.25) is 5.02 Å². The number of benzene rings is 2. The number of furan rings is 1. The fourth-order valence-electron chi connectivity index (χ4n) is 3.16. The topological polar surface area (TPSA) is 99.8 Å². The van der Waals surface area contributed by atoms with Crippen molar-refractivity contribution < 1.29 is 23.9 Å². The molecular weight excluding hydrogens is 452 g/mol. The normalized spacial score (nSPS) is 15.2. The van der Waals surface area contributed by atoms with Gasteiger partial charge in [-0.3, -0.25) is 19.8 Å². The van der Waals surface area contributed by atoms with E-state index in [4.69, 9.17) is 33.3 Å². The Hall–Kier alpha value is -3.75. The molecule has 9 heteroatoms. The van der Waals surface area contributed by atoms with Gasteiger partial charge < -0.3 is 9.52 Å². The molecule has 2 amide bonds. The maximum Gasteiger partial charge on any atom is 0.337 e. The molecule has 160 valence electrons. The Morgan fingerprint density at radius 1 is 1.12 bits per heavy atom. The third-order valence-corrected chi connectivity index (χ3v) is 5.39. The van der Waals surface area contributed by atoms with Gasteiger partial charge in [-0.1, -0.05) is 35.4 Å². The molecule has 2 aromatic carbocycles. The molecule has 32 heavy (non-hydrogen) atoms. The lowest BCUT2D eigenvalue weighted by Gasteiger charge is -2.28. The zero-order valence-corrected chi connectivity index (χ0v) is 18.2. The van der Waals surface area contributed by atoms with Gasteiger partial charge in [0.15, 0.2) is 5.11 Å². The fourth-order valence-corrected chi connectivity index (χ4v) is 3.70. The summed E-state index contributed by atoms with van der Waals surface area (Å²) in [4.78, 5) is 37.9. The van der Waals surface area contributed by atoms with Crippen LogP contribution in [-0.2, 0) is 9.59 Å². The molecule has 3 aromatic rings. The van der Waals surface area contributed by atoms with E-state index in [2.05, 4.69) is 5.32 Å². The van der Waals surface area contributed by atoms with E-state index >= 15 is 0 Å². The molecule has 0 saturated carbocycles. The van der Waals surface area contributed by atoms with E-state index in [-0.39, 0.29) is 27.0 Å². The van der Waals surface area contributed by atoms with Crippen LogP contribution in [0.25, 0.3) is 17.4 Å². The molecule has 7 nitrogen and oxygen atoms in total. The van der Waals surface area contributed by atoms with Crippen LogP contribution < -0.4 is 10.2 Å². The molecule has 1 aromatic heterocycles. The summed E-state index contributed by atoms with van der Waals surface area (Å²) in [6.45, 7) is 1.92. The molecule has 1 fully saturated rings. The maximum atomic E-state index is 13.1. The average Bonchev–Trinajstić information content (AvgIpc) is 3.21. The van der Waals surface area contributed by atoms with E-state index in [9.17, 15) is 14.4 Å². The minimum atomic E-state index is -1.13. The smallest absolute Gasteiger partial charge is 0.337 e. The zero-order valence-electron chi connectivity index (χ0n) is 16.6. The number of hydrogen-bond donors (Lipinski definition) is 2. The summed E-state index contributed by atoms with van der Waals surface area (Å²) in [5.74, 6) is -1.69. The van der Waals surface area contributed by atoms with Crippen molar-refractivity contribution >= 4 is 58.5 Å². The second-order valence-corrected chi connectivity index (χ2v) is 7.79. The van der Waals surface area contributed by atoms with Crippen molar-refractivity contribution in [3.05, 3.63) is 82.1 Å². The van der Waals surface area contributed by atoms with Gasteiger partial charge in [-0.15, -0.1) is 0 Å². The molecule has 0 aliphatic carbocycles. The number of nitrogens with one attached hydrogen (secondary N) is 1. The molecule has 1 aliphatic heterocycles. The van der Waals surface area contributed by atoms with Crippen molar-refractivity contribution in [1.82, 2.24) is 5.32 Å². The monoisotopic (exact) mass is 466 g/mol. The Morgan fingerprint density at radius 3 is 2.50 bits per heavy atom. The van der Waals surface area contributed by atoms with Crippen molar-refractivity contribution in [3.8, 4) is 11.3 Å². The summed E-state index contributed by atoms with van der Waals surface area (Å²) in [5, 5.41) is 11.7. The summed E-state index contributed by atoms with van der Waals surface area (Å²) in [5.41, 5.74) is 1.93. The highest BCUT2D eigenvalue weighted by molar-refractivity contribution is 7.80. The summed E-state index contributed by atoms with van der Waals surface area (Å²) in [6, 6.07) is 14.8. The Balaban J connectivity index is 1.65. The number of thiocarbonyl (C=S) groups is 1. The Morgan fingerprint density at radius 2 is 1.84 bits per heavy atom. The molecule has 2 N–H and O–H groups in total. The van der Waals surface area contributed by atoms with Gasteiger partial charge in [0.05, 0.1) is 16.3 Å². The van der Waals surface area contributed by atoms with E-state index < -0.39 is 17.8 Å². The van der Waals surface area contributed by atoms with Gasteiger partial charge in [0.1, 0.15) is 17.1 Å². The zero-order chi connectivity index (χ0) is 23.0. The third kappa shape index (κ3) is 4.05. The standard InChI is InChI=1S/C23H15ClN2O5S/c1-12-2-5-14(6-3-12)26-21(28)17(20(27)25-23(26)32)11-15-7-9-19(31-15)13-4-8-16(22(29)30)18(24)10-13/h2-11H,1H3,(H,29,30)(H,25,27,32)/b17-11-. The Kier molecular flexibility index (Phi) is 5.65. The van der Waals surface area contributed by atoms with Gasteiger partial charge in [0.2, 0.25) is 0 Å². The largest absolute Gasteiger partial charge is 0.478 e. The summed E-state index contributed by atoms with van der Waals surface area (Å²) in [6.07, 6.45) is 1.33. The van der Waals surface area contributed by atoms with Crippen LogP contribution in [0.4, 0.5) is 5.69 Å². The average molecular weight is 467 g/mol. The number of anilines is 1. The number of nitrogens with zero attached hydrogens (tertiary/aromatic N) is 1. The van der Waals surface area contributed by atoms with Gasteiger partial charge in [0.25, 0.3) is 11.8 Å².